The third-order valence-corrected chi connectivity index (χ3v) is 5.66. The van der Waals surface area contributed by atoms with Crippen LogP contribution in [0.1, 0.15) is 39.7 Å². The number of rotatable bonds is 3. The molecule has 2 heterocycles. The van der Waals surface area contributed by atoms with Crippen LogP contribution in [0.2, 0.25) is 0 Å². The Morgan fingerprint density at radius 2 is 1.93 bits per heavy atom. The molecule has 4 nitrogen and oxygen atoms in total. The van der Waals surface area contributed by atoms with E-state index in [1.165, 1.54) is 27.7 Å². The summed E-state index contributed by atoms with van der Waals surface area (Å²) in [7, 11) is 3.85. The van der Waals surface area contributed by atoms with Gasteiger partial charge in [0.05, 0.1) is 5.52 Å². The molecule has 0 fully saturated rings. The van der Waals surface area contributed by atoms with E-state index in [1.54, 1.807) is 7.05 Å². The Labute approximate surface area is 166 Å². The van der Waals surface area contributed by atoms with Gasteiger partial charge in [-0.25, -0.2) is 0 Å². The van der Waals surface area contributed by atoms with Crippen molar-refractivity contribution in [3.8, 4) is 0 Å². The summed E-state index contributed by atoms with van der Waals surface area (Å²) in [5.41, 5.74) is 8.29. The Morgan fingerprint density at radius 3 is 2.71 bits per heavy atom. The lowest BCUT2D eigenvalue weighted by Crippen LogP contribution is -2.26. The Kier molecular flexibility index (Phi) is 4.82. The predicted octanol–water partition coefficient (Wildman–Crippen LogP) is 4.32. The van der Waals surface area contributed by atoms with Crippen LogP contribution >= 0.6 is 0 Å². The van der Waals surface area contributed by atoms with Crippen LogP contribution in [0.15, 0.2) is 42.5 Å². The first-order chi connectivity index (χ1) is 13.5. The summed E-state index contributed by atoms with van der Waals surface area (Å²) in [5, 5.41) is 4.05. The normalized spacial score (nSPS) is 14.9. The quantitative estimate of drug-likeness (QED) is 0.743. The van der Waals surface area contributed by atoms with Gasteiger partial charge in [-0.2, -0.15) is 0 Å². The maximum Gasteiger partial charge on any atom is 0.251 e. The van der Waals surface area contributed by atoms with Gasteiger partial charge >= 0.3 is 0 Å². The van der Waals surface area contributed by atoms with Crippen LogP contribution in [0.3, 0.4) is 0 Å². The van der Waals surface area contributed by atoms with Crippen LogP contribution in [0.25, 0.3) is 22.7 Å². The van der Waals surface area contributed by atoms with Crippen LogP contribution < -0.4 is 5.32 Å². The summed E-state index contributed by atoms with van der Waals surface area (Å²) in [6.45, 7) is 6.33. The van der Waals surface area contributed by atoms with Gasteiger partial charge in [0.2, 0.25) is 0 Å². The fourth-order valence-electron chi connectivity index (χ4n) is 4.11. The number of aryl methyl sites for hydroxylation is 1. The monoisotopic (exact) mass is 373 g/mol. The van der Waals surface area contributed by atoms with Gasteiger partial charge < -0.3 is 14.8 Å². The van der Waals surface area contributed by atoms with Gasteiger partial charge in [-0.3, -0.25) is 4.79 Å². The minimum absolute atomic E-state index is 0.0584. The average molecular weight is 374 g/mol. The molecule has 0 unspecified atom stereocenters. The molecular formula is C24H27N3O. The molecule has 0 bridgehead atoms. The van der Waals surface area contributed by atoms with Gasteiger partial charge in [0, 0.05) is 49.4 Å². The van der Waals surface area contributed by atoms with E-state index in [4.69, 9.17) is 0 Å². The van der Waals surface area contributed by atoms with Crippen LogP contribution in [0.5, 0.6) is 0 Å². The largest absolute Gasteiger partial charge is 0.355 e. The molecule has 0 spiro atoms. The van der Waals surface area contributed by atoms with E-state index >= 15 is 0 Å². The van der Waals surface area contributed by atoms with Gasteiger partial charge in [-0.1, -0.05) is 23.8 Å². The summed E-state index contributed by atoms with van der Waals surface area (Å²) < 4.78 is 2.36. The van der Waals surface area contributed by atoms with Crippen molar-refractivity contribution >= 4 is 28.6 Å². The molecule has 1 amide bonds. The number of nitrogens with one attached hydrogen (secondary N) is 1. The number of benzene rings is 2. The first-order valence-corrected chi connectivity index (χ1v) is 9.79. The lowest BCUT2D eigenvalue weighted by atomic mass is 10.0. The van der Waals surface area contributed by atoms with E-state index in [9.17, 15) is 4.79 Å². The molecule has 1 N–H and O–H groups in total. The Morgan fingerprint density at radius 1 is 1.14 bits per heavy atom. The summed E-state index contributed by atoms with van der Waals surface area (Å²) in [5.74, 6) is -0.0584. The van der Waals surface area contributed by atoms with Crippen molar-refractivity contribution in [2.45, 2.75) is 26.8 Å². The van der Waals surface area contributed by atoms with Gasteiger partial charge in [0.25, 0.3) is 5.91 Å². The molecular weight excluding hydrogens is 346 g/mol. The molecule has 4 heteroatoms. The number of carbonyl (C=O) groups is 1. The molecule has 0 radical (unpaired) electrons. The zero-order chi connectivity index (χ0) is 19.8. The Bertz CT molecular complexity index is 1090. The number of hydrogen-bond donors (Lipinski definition) is 1. The molecule has 1 aromatic heterocycles. The lowest BCUT2D eigenvalue weighted by Gasteiger charge is -2.23. The van der Waals surface area contributed by atoms with Gasteiger partial charge in [-0.15, -0.1) is 0 Å². The third-order valence-electron chi connectivity index (χ3n) is 5.66. The second-order valence-corrected chi connectivity index (χ2v) is 7.78. The molecule has 1 aliphatic heterocycles. The molecule has 144 valence electrons. The Hall–Kier alpha value is -2.85. The molecule has 2 aromatic carbocycles. The smallest absolute Gasteiger partial charge is 0.251 e. The number of fused-ring (bicyclic) bond motifs is 3. The minimum Gasteiger partial charge on any atom is -0.355 e. The highest BCUT2D eigenvalue weighted by Gasteiger charge is 2.21. The van der Waals surface area contributed by atoms with Gasteiger partial charge in [-0.05, 0) is 61.9 Å². The summed E-state index contributed by atoms with van der Waals surface area (Å²) in [6.07, 6.45) is 3.27. The number of nitrogens with zero attached hydrogens (tertiary/aromatic N) is 2. The van der Waals surface area contributed by atoms with Crippen molar-refractivity contribution in [3.05, 3.63) is 70.4 Å². The zero-order valence-electron chi connectivity index (χ0n) is 17.0. The molecule has 0 saturated carbocycles. The van der Waals surface area contributed by atoms with E-state index in [0.29, 0.717) is 5.56 Å². The molecule has 0 atom stereocenters. The SMILES string of the molecule is CNC(=O)c1cccc(/C(C)=C/n2c3c(c4cc(C)ccc42)CN(C)CC3)c1. The number of hydrogen-bond acceptors (Lipinski definition) is 2. The molecule has 1 aliphatic rings. The van der Waals surface area contributed by atoms with Crippen LogP contribution in [0.4, 0.5) is 0 Å². The highest BCUT2D eigenvalue weighted by molar-refractivity contribution is 5.95. The van der Waals surface area contributed by atoms with E-state index in [-0.39, 0.29) is 5.91 Å². The second-order valence-electron chi connectivity index (χ2n) is 7.78. The molecule has 3 aromatic rings. The van der Waals surface area contributed by atoms with E-state index in [0.717, 1.165) is 30.6 Å². The van der Waals surface area contributed by atoms with Crippen LogP contribution in [-0.2, 0) is 13.0 Å². The third kappa shape index (κ3) is 3.25. The number of likely N-dealkylation sites (N-methyl/N-ethyl adjacent to an activating group) is 1. The van der Waals surface area contributed by atoms with E-state index < -0.39 is 0 Å². The summed E-state index contributed by atoms with van der Waals surface area (Å²) in [4.78, 5) is 14.4. The van der Waals surface area contributed by atoms with E-state index in [2.05, 4.69) is 66.1 Å². The maximum atomic E-state index is 12.0. The highest BCUT2D eigenvalue weighted by atomic mass is 16.1. The van der Waals surface area contributed by atoms with Crippen LogP contribution in [-0.4, -0.2) is 36.0 Å². The molecule has 0 aliphatic carbocycles. The topological polar surface area (TPSA) is 37.3 Å². The number of aromatic nitrogens is 1. The first-order valence-electron chi connectivity index (χ1n) is 9.79. The fraction of sp³-hybridized carbons (Fsp3) is 0.292. The average Bonchev–Trinajstić information content (AvgIpc) is 2.99. The summed E-state index contributed by atoms with van der Waals surface area (Å²) >= 11 is 0. The van der Waals surface area contributed by atoms with Gasteiger partial charge in [0.15, 0.2) is 0 Å². The highest BCUT2D eigenvalue weighted by Crippen LogP contribution is 2.32. The molecule has 0 saturated heterocycles. The number of allylic oxidation sites excluding steroid dienone is 1. The molecule has 28 heavy (non-hydrogen) atoms. The van der Waals surface area contributed by atoms with Crippen molar-refractivity contribution in [3.63, 3.8) is 0 Å². The second kappa shape index (κ2) is 7.28. The zero-order valence-corrected chi connectivity index (χ0v) is 17.0. The van der Waals surface area contributed by atoms with Gasteiger partial charge in [0.1, 0.15) is 0 Å². The summed E-state index contributed by atoms with van der Waals surface area (Å²) in [6, 6.07) is 14.5. The van der Waals surface area contributed by atoms with Crippen molar-refractivity contribution in [2.75, 3.05) is 20.6 Å². The minimum atomic E-state index is -0.0584. The van der Waals surface area contributed by atoms with Crippen molar-refractivity contribution in [1.82, 2.24) is 14.8 Å². The van der Waals surface area contributed by atoms with Crippen molar-refractivity contribution < 1.29 is 4.79 Å². The first kappa shape index (κ1) is 18.5. The predicted molar refractivity (Wildman–Crippen MR) is 116 cm³/mol. The number of amides is 1. The van der Waals surface area contributed by atoms with E-state index in [1.807, 2.05) is 18.2 Å². The van der Waals surface area contributed by atoms with Crippen LogP contribution in [0, 0.1) is 6.92 Å². The van der Waals surface area contributed by atoms with Crippen molar-refractivity contribution in [1.29, 1.82) is 0 Å². The van der Waals surface area contributed by atoms with Crippen molar-refractivity contribution in [2.24, 2.45) is 0 Å². The lowest BCUT2D eigenvalue weighted by molar-refractivity contribution is 0.0963. The standard InChI is InChI=1S/C24H27N3O/c1-16-8-9-22-20(12-16)21-15-26(4)11-10-23(21)27(22)14-17(2)18-6-5-7-19(13-18)24(28)25-3/h5-9,12-14H,10-11,15H2,1-4H3,(H,25,28)/b17-14+. The molecule has 4 rings (SSSR count). The number of carbonyl (C=O) groups excluding carboxylic acids is 1. The maximum absolute atomic E-state index is 12.0. The fourth-order valence-corrected chi connectivity index (χ4v) is 4.11. The Balaban J connectivity index is 1.85.